The standard InChI is InChI=1S/C13H18ClNO5S/c1-3-7-15(8-6-13(16)17)21(18,19)12-9-10(14)4-5-11(12)20-2/h4-5,9H,3,6-8H2,1-2H3,(H,16,17). The Morgan fingerprint density at radius 1 is 1.38 bits per heavy atom. The summed E-state index contributed by atoms with van der Waals surface area (Å²) in [5, 5.41) is 9.01. The Kier molecular flexibility index (Phi) is 6.44. The summed E-state index contributed by atoms with van der Waals surface area (Å²) in [7, 11) is -2.50. The van der Waals surface area contributed by atoms with Gasteiger partial charge in [0, 0.05) is 18.1 Å². The SMILES string of the molecule is CCCN(CCC(=O)O)S(=O)(=O)c1cc(Cl)ccc1OC. The molecule has 1 aromatic rings. The summed E-state index contributed by atoms with van der Waals surface area (Å²) in [6.45, 7) is 1.95. The summed E-state index contributed by atoms with van der Waals surface area (Å²) in [4.78, 5) is 10.6. The van der Waals surface area contributed by atoms with E-state index in [4.69, 9.17) is 21.4 Å². The minimum absolute atomic E-state index is 0.0589. The van der Waals surface area contributed by atoms with Crippen LogP contribution in [0.4, 0.5) is 0 Å². The first-order chi connectivity index (χ1) is 9.82. The molecular weight excluding hydrogens is 318 g/mol. The molecule has 1 aromatic carbocycles. The van der Waals surface area contributed by atoms with Crippen LogP contribution in [-0.4, -0.2) is 44.0 Å². The molecule has 118 valence electrons. The lowest BCUT2D eigenvalue weighted by Crippen LogP contribution is -2.34. The zero-order valence-corrected chi connectivity index (χ0v) is 13.4. The van der Waals surface area contributed by atoms with Gasteiger partial charge in [0.1, 0.15) is 10.6 Å². The largest absolute Gasteiger partial charge is 0.495 e. The van der Waals surface area contributed by atoms with E-state index >= 15 is 0 Å². The van der Waals surface area contributed by atoms with Gasteiger partial charge in [-0.1, -0.05) is 18.5 Å². The molecule has 0 aromatic heterocycles. The fourth-order valence-electron chi connectivity index (χ4n) is 1.81. The van der Waals surface area contributed by atoms with E-state index in [0.29, 0.717) is 6.42 Å². The van der Waals surface area contributed by atoms with Gasteiger partial charge >= 0.3 is 5.97 Å². The molecule has 0 aliphatic carbocycles. The third kappa shape index (κ3) is 4.59. The number of sulfonamides is 1. The van der Waals surface area contributed by atoms with Gasteiger partial charge in [0.05, 0.1) is 13.5 Å². The predicted octanol–water partition coefficient (Wildman–Crippen LogP) is 2.22. The lowest BCUT2D eigenvalue weighted by molar-refractivity contribution is -0.137. The van der Waals surface area contributed by atoms with Crippen LogP contribution in [0.15, 0.2) is 23.1 Å². The molecule has 6 nitrogen and oxygen atoms in total. The molecule has 8 heteroatoms. The number of carboxylic acid groups (broad SMARTS) is 1. The van der Waals surface area contributed by atoms with Crippen LogP contribution in [0.1, 0.15) is 19.8 Å². The van der Waals surface area contributed by atoms with Crippen LogP contribution in [0.2, 0.25) is 5.02 Å². The van der Waals surface area contributed by atoms with E-state index in [-0.39, 0.29) is 35.2 Å². The Labute approximate surface area is 129 Å². The first-order valence-corrected chi connectivity index (χ1v) is 8.20. The lowest BCUT2D eigenvalue weighted by atomic mass is 10.3. The van der Waals surface area contributed by atoms with Crippen LogP contribution in [0.5, 0.6) is 5.75 Å². The van der Waals surface area contributed by atoms with Gasteiger partial charge in [-0.15, -0.1) is 0 Å². The van der Waals surface area contributed by atoms with Gasteiger partial charge in [0.15, 0.2) is 0 Å². The van der Waals surface area contributed by atoms with Crippen LogP contribution >= 0.6 is 11.6 Å². The van der Waals surface area contributed by atoms with E-state index < -0.39 is 16.0 Å². The topological polar surface area (TPSA) is 83.9 Å². The molecular formula is C13H18ClNO5S. The summed E-state index contributed by atoms with van der Waals surface area (Å²) in [5.74, 6) is -0.875. The molecule has 0 spiro atoms. The lowest BCUT2D eigenvalue weighted by Gasteiger charge is -2.22. The van der Waals surface area contributed by atoms with Gasteiger partial charge in [-0.05, 0) is 24.6 Å². The van der Waals surface area contributed by atoms with E-state index in [1.165, 1.54) is 25.3 Å². The number of hydrogen-bond acceptors (Lipinski definition) is 4. The third-order valence-electron chi connectivity index (χ3n) is 2.79. The molecule has 0 aliphatic heterocycles. The smallest absolute Gasteiger partial charge is 0.304 e. The highest BCUT2D eigenvalue weighted by Gasteiger charge is 2.27. The summed E-state index contributed by atoms with van der Waals surface area (Å²) < 4.78 is 31.5. The number of halogens is 1. The number of carboxylic acids is 1. The first kappa shape index (κ1) is 17.7. The summed E-state index contributed by atoms with van der Waals surface area (Å²) in [6.07, 6.45) is 0.309. The number of nitrogens with zero attached hydrogens (tertiary/aromatic N) is 1. The number of carbonyl (C=O) groups is 1. The normalized spacial score (nSPS) is 11.6. The summed E-state index contributed by atoms with van der Waals surface area (Å²) >= 11 is 5.86. The number of hydrogen-bond donors (Lipinski definition) is 1. The van der Waals surface area contributed by atoms with E-state index in [1.807, 2.05) is 6.92 Å². The molecule has 0 saturated carbocycles. The zero-order chi connectivity index (χ0) is 16.0. The van der Waals surface area contributed by atoms with Crippen molar-refractivity contribution in [2.45, 2.75) is 24.7 Å². The maximum Gasteiger partial charge on any atom is 0.304 e. The molecule has 1 rings (SSSR count). The molecule has 0 aliphatic rings. The van der Waals surface area contributed by atoms with Crippen molar-refractivity contribution in [1.29, 1.82) is 0 Å². The highest BCUT2D eigenvalue weighted by molar-refractivity contribution is 7.89. The van der Waals surface area contributed by atoms with Gasteiger partial charge < -0.3 is 9.84 Å². The van der Waals surface area contributed by atoms with Crippen LogP contribution < -0.4 is 4.74 Å². The van der Waals surface area contributed by atoms with Crippen LogP contribution in [-0.2, 0) is 14.8 Å². The summed E-state index contributed by atoms with van der Waals surface area (Å²) in [5.41, 5.74) is 0. The number of benzene rings is 1. The van der Waals surface area contributed by atoms with E-state index in [1.54, 1.807) is 0 Å². The van der Waals surface area contributed by atoms with Crippen LogP contribution in [0, 0.1) is 0 Å². The maximum atomic E-state index is 12.7. The Morgan fingerprint density at radius 3 is 2.57 bits per heavy atom. The quantitative estimate of drug-likeness (QED) is 0.787. The van der Waals surface area contributed by atoms with Crippen molar-refractivity contribution in [1.82, 2.24) is 4.31 Å². The fourth-order valence-corrected chi connectivity index (χ4v) is 3.76. The molecule has 0 bridgehead atoms. The molecule has 21 heavy (non-hydrogen) atoms. The Hall–Kier alpha value is -1.31. The van der Waals surface area contributed by atoms with Crippen molar-refractivity contribution < 1.29 is 23.1 Å². The number of methoxy groups -OCH3 is 1. The van der Waals surface area contributed by atoms with Crippen molar-refractivity contribution in [3.05, 3.63) is 23.2 Å². The zero-order valence-electron chi connectivity index (χ0n) is 11.9. The monoisotopic (exact) mass is 335 g/mol. The molecule has 0 radical (unpaired) electrons. The summed E-state index contributed by atoms with van der Waals surface area (Å²) in [6, 6.07) is 4.30. The minimum atomic E-state index is -3.86. The van der Waals surface area contributed by atoms with Gasteiger partial charge in [-0.25, -0.2) is 8.42 Å². The van der Waals surface area contributed by atoms with E-state index in [0.717, 1.165) is 4.31 Å². The second-order valence-corrected chi connectivity index (χ2v) is 6.69. The molecule has 0 saturated heterocycles. The van der Waals surface area contributed by atoms with Gasteiger partial charge in [0.25, 0.3) is 0 Å². The number of ether oxygens (including phenoxy) is 1. The Morgan fingerprint density at radius 2 is 2.05 bits per heavy atom. The van der Waals surface area contributed by atoms with E-state index in [2.05, 4.69) is 0 Å². The fraction of sp³-hybridized carbons (Fsp3) is 0.462. The van der Waals surface area contributed by atoms with Crippen LogP contribution in [0.25, 0.3) is 0 Å². The van der Waals surface area contributed by atoms with Gasteiger partial charge in [-0.3, -0.25) is 4.79 Å². The average molecular weight is 336 g/mol. The van der Waals surface area contributed by atoms with Crippen molar-refractivity contribution >= 4 is 27.6 Å². The highest BCUT2D eigenvalue weighted by Crippen LogP contribution is 2.29. The van der Waals surface area contributed by atoms with Crippen molar-refractivity contribution in [3.8, 4) is 5.75 Å². The molecule has 1 N–H and O–H groups in total. The Balaban J connectivity index is 3.21. The Bertz CT molecular complexity index is 603. The average Bonchev–Trinajstić information content (AvgIpc) is 2.43. The molecule has 0 atom stereocenters. The number of aliphatic carboxylic acids is 1. The van der Waals surface area contributed by atoms with Gasteiger partial charge in [0.2, 0.25) is 10.0 Å². The van der Waals surface area contributed by atoms with Crippen molar-refractivity contribution in [3.63, 3.8) is 0 Å². The third-order valence-corrected chi connectivity index (χ3v) is 4.95. The van der Waals surface area contributed by atoms with Crippen LogP contribution in [0.3, 0.4) is 0 Å². The van der Waals surface area contributed by atoms with Gasteiger partial charge in [-0.2, -0.15) is 4.31 Å². The molecule has 0 amide bonds. The predicted molar refractivity (Wildman–Crippen MR) is 79.3 cm³/mol. The second kappa shape index (κ2) is 7.63. The molecule has 0 fully saturated rings. The molecule has 0 unspecified atom stereocenters. The molecule has 0 heterocycles. The van der Waals surface area contributed by atoms with Crippen molar-refractivity contribution in [2.24, 2.45) is 0 Å². The van der Waals surface area contributed by atoms with E-state index in [9.17, 15) is 13.2 Å². The highest BCUT2D eigenvalue weighted by atomic mass is 35.5. The maximum absolute atomic E-state index is 12.7. The van der Waals surface area contributed by atoms with Crippen molar-refractivity contribution in [2.75, 3.05) is 20.2 Å². The second-order valence-electron chi connectivity index (χ2n) is 4.34. The first-order valence-electron chi connectivity index (χ1n) is 6.38. The minimum Gasteiger partial charge on any atom is -0.495 e. The number of rotatable bonds is 8.